The lowest BCUT2D eigenvalue weighted by atomic mass is 10.5. The number of halogens is 2. The van der Waals surface area contributed by atoms with Gasteiger partial charge in [-0.05, 0) is 0 Å². The summed E-state index contributed by atoms with van der Waals surface area (Å²) in [5.41, 5.74) is 0. The van der Waals surface area contributed by atoms with Crippen molar-refractivity contribution in [2.45, 2.75) is 0 Å². The topological polar surface area (TPSA) is 7.76 Å². The Morgan fingerprint density at radius 1 is 0.500 bits per heavy atom. The van der Waals surface area contributed by atoms with Gasteiger partial charge in [-0.3, -0.25) is 0 Å². The van der Waals surface area contributed by atoms with E-state index in [9.17, 15) is 8.96 Å². The van der Waals surface area contributed by atoms with Gasteiger partial charge < -0.3 is 0 Å². The zero-order valence-corrected chi connectivity index (χ0v) is 7.42. The van der Waals surface area contributed by atoms with Crippen LogP contribution in [0.25, 0.3) is 0 Å². The molecule has 2 heterocycles. The van der Waals surface area contributed by atoms with E-state index >= 15 is 0 Å². The third-order valence-corrected chi connectivity index (χ3v) is 1.36. The van der Waals surface area contributed by atoms with Gasteiger partial charge in [0.05, 0.1) is 8.96 Å². The largest absolute Gasteiger partial charge is 0.218 e. The van der Waals surface area contributed by atoms with Crippen LogP contribution in [0, 0.1) is 0 Å². The second-order valence-corrected chi connectivity index (χ2v) is 2.44. The molecule has 0 amide bonds. The van der Waals surface area contributed by atoms with Crippen molar-refractivity contribution in [2.24, 2.45) is 0 Å². The third-order valence-electron chi connectivity index (χ3n) is 1.36. The Balaban J connectivity index is 0.000000140. The summed E-state index contributed by atoms with van der Waals surface area (Å²) < 4.78 is 23.6. The van der Waals surface area contributed by atoms with Crippen LogP contribution in [0.3, 0.4) is 0 Å². The fraction of sp³-hybridized carbons (Fsp3) is 0. The van der Waals surface area contributed by atoms with Gasteiger partial charge in [0.25, 0.3) is 0 Å². The summed E-state index contributed by atoms with van der Waals surface area (Å²) in [6.45, 7) is 0. The molecule has 2 aromatic rings. The lowest BCUT2D eigenvalue weighted by molar-refractivity contribution is -0.843. The Kier molecular flexibility index (Phi) is 4.20. The number of pyridine rings is 2. The predicted octanol–water partition coefficient (Wildman–Crippen LogP) is 1.41. The minimum Gasteiger partial charge on any atom is -0.0501 e. The van der Waals surface area contributed by atoms with Gasteiger partial charge in [-0.15, -0.1) is 0 Å². The maximum absolute atomic E-state index is 11.8. The van der Waals surface area contributed by atoms with Crippen LogP contribution in [0.1, 0.15) is 0 Å². The van der Waals surface area contributed by atoms with E-state index < -0.39 is 0 Å². The van der Waals surface area contributed by atoms with E-state index in [1.807, 2.05) is 0 Å². The van der Waals surface area contributed by atoms with Crippen LogP contribution < -0.4 is 9.58 Å². The van der Waals surface area contributed by atoms with Crippen LogP contribution in [0.15, 0.2) is 61.2 Å². The van der Waals surface area contributed by atoms with Crippen molar-refractivity contribution >= 4 is 0 Å². The quantitative estimate of drug-likeness (QED) is 0.602. The van der Waals surface area contributed by atoms with Gasteiger partial charge in [0.1, 0.15) is 0 Å². The zero-order valence-electron chi connectivity index (χ0n) is 7.42. The Bertz CT molecular complexity index is 314. The summed E-state index contributed by atoms with van der Waals surface area (Å²) in [7, 11) is 0. The van der Waals surface area contributed by atoms with Gasteiger partial charge in [-0.2, -0.15) is 0 Å². The number of aromatic nitrogens is 2. The number of nitrogens with zero attached hydrogens (tertiary/aromatic N) is 2. The van der Waals surface area contributed by atoms with Crippen molar-refractivity contribution in [3.05, 3.63) is 61.2 Å². The van der Waals surface area contributed by atoms with E-state index in [-0.39, 0.29) is 0 Å². The molecule has 72 valence electrons. The highest BCUT2D eigenvalue weighted by molar-refractivity contribution is 4.83. The van der Waals surface area contributed by atoms with Crippen molar-refractivity contribution in [3.63, 3.8) is 0 Å². The minimum atomic E-state index is 0.500. The Hall–Kier alpha value is -1.84. The first kappa shape index (κ1) is 10.2. The molecule has 0 N–H and O–H groups in total. The van der Waals surface area contributed by atoms with Crippen LogP contribution in [-0.4, -0.2) is 0 Å². The number of rotatable bonds is 0. The molecule has 0 aliphatic carbocycles. The molecule has 14 heavy (non-hydrogen) atoms. The molecule has 0 atom stereocenters. The minimum absolute atomic E-state index is 0.500. The summed E-state index contributed by atoms with van der Waals surface area (Å²) in [4.78, 5) is 1.00. The van der Waals surface area contributed by atoms with E-state index in [0.29, 0.717) is 9.58 Å². The number of hydrogen-bond donors (Lipinski definition) is 0. The van der Waals surface area contributed by atoms with E-state index in [0.717, 1.165) is 0 Å². The summed E-state index contributed by atoms with van der Waals surface area (Å²) in [5.74, 6) is 0. The summed E-state index contributed by atoms with van der Waals surface area (Å²) >= 11 is 0. The van der Waals surface area contributed by atoms with E-state index in [1.54, 1.807) is 36.4 Å². The molecule has 0 fully saturated rings. The van der Waals surface area contributed by atoms with Crippen LogP contribution in [0.2, 0.25) is 0 Å². The summed E-state index contributed by atoms with van der Waals surface area (Å²) in [5, 5.41) is 0. The second kappa shape index (κ2) is 5.75. The molecule has 0 aromatic carbocycles. The van der Waals surface area contributed by atoms with Gasteiger partial charge in [-0.1, -0.05) is 12.1 Å². The maximum Gasteiger partial charge on any atom is 0.218 e. The Morgan fingerprint density at radius 3 is 0.929 bits per heavy atom. The van der Waals surface area contributed by atoms with Gasteiger partial charge >= 0.3 is 0 Å². The highest BCUT2D eigenvalue weighted by Crippen LogP contribution is 1.74. The van der Waals surface area contributed by atoms with E-state index in [4.69, 9.17) is 0 Å². The summed E-state index contributed by atoms with van der Waals surface area (Å²) in [6.07, 6.45) is 5.33. The summed E-state index contributed by atoms with van der Waals surface area (Å²) in [6, 6.07) is 10.0. The van der Waals surface area contributed by atoms with Crippen molar-refractivity contribution < 1.29 is 18.5 Å². The van der Waals surface area contributed by atoms with Crippen LogP contribution in [-0.2, 0) is 0 Å². The van der Waals surface area contributed by atoms with Gasteiger partial charge in [0, 0.05) is 33.8 Å². The fourth-order valence-electron chi connectivity index (χ4n) is 0.755. The normalized spacial score (nSPS) is 8.71. The Labute approximate surface area is 80.6 Å². The van der Waals surface area contributed by atoms with Crippen LogP contribution in [0.4, 0.5) is 8.96 Å². The first-order valence-corrected chi connectivity index (χ1v) is 4.04. The van der Waals surface area contributed by atoms with Crippen molar-refractivity contribution in [3.8, 4) is 0 Å². The highest BCUT2D eigenvalue weighted by Gasteiger charge is 1.86. The molecule has 0 spiro atoms. The van der Waals surface area contributed by atoms with E-state index in [2.05, 4.69) is 0 Å². The molecule has 2 nitrogen and oxygen atoms in total. The standard InChI is InChI=1S/2C5H5FN/c2*6-7-4-2-1-3-5-7/h2*1-5H/q2*+1. The molecular formula is C10H10F2N2+2. The molecule has 0 aliphatic heterocycles. The average molecular weight is 196 g/mol. The van der Waals surface area contributed by atoms with Crippen LogP contribution >= 0.6 is 0 Å². The molecule has 0 unspecified atom stereocenters. The zero-order chi connectivity index (χ0) is 10.2. The van der Waals surface area contributed by atoms with Crippen molar-refractivity contribution in [1.82, 2.24) is 0 Å². The van der Waals surface area contributed by atoms with Crippen molar-refractivity contribution in [2.75, 3.05) is 0 Å². The number of hydrogen-bond acceptors (Lipinski definition) is 0. The SMILES string of the molecule is F[n+]1ccccc1.F[n+]1ccccc1. The fourth-order valence-corrected chi connectivity index (χ4v) is 0.755. The van der Waals surface area contributed by atoms with Crippen molar-refractivity contribution in [1.29, 1.82) is 0 Å². The highest BCUT2D eigenvalue weighted by atomic mass is 19.2. The third kappa shape index (κ3) is 4.25. The van der Waals surface area contributed by atoms with Gasteiger partial charge in [-0.25, -0.2) is 0 Å². The maximum atomic E-state index is 11.8. The molecule has 0 radical (unpaired) electrons. The van der Waals surface area contributed by atoms with Gasteiger partial charge in [0.2, 0.25) is 24.8 Å². The molecule has 0 saturated heterocycles. The molecular weight excluding hydrogens is 186 g/mol. The second-order valence-electron chi connectivity index (χ2n) is 2.44. The first-order valence-electron chi connectivity index (χ1n) is 4.04. The monoisotopic (exact) mass is 196 g/mol. The molecule has 4 heteroatoms. The first-order chi connectivity index (χ1) is 6.79. The molecule has 2 aromatic heterocycles. The van der Waals surface area contributed by atoms with Crippen LogP contribution in [0.5, 0.6) is 0 Å². The average Bonchev–Trinajstić information content (AvgIpc) is 2.21. The van der Waals surface area contributed by atoms with E-state index in [1.165, 1.54) is 24.8 Å². The molecule has 2 rings (SSSR count). The smallest absolute Gasteiger partial charge is 0.0501 e. The molecule has 0 aliphatic rings. The molecule has 0 bridgehead atoms. The van der Waals surface area contributed by atoms with Gasteiger partial charge in [0.15, 0.2) is 0 Å². The lowest BCUT2D eigenvalue weighted by Gasteiger charge is -1.69. The molecule has 0 saturated carbocycles. The lowest BCUT2D eigenvalue weighted by Crippen LogP contribution is -2.18. The Morgan fingerprint density at radius 2 is 0.786 bits per heavy atom. The predicted molar refractivity (Wildman–Crippen MR) is 46.3 cm³/mol.